The summed E-state index contributed by atoms with van der Waals surface area (Å²) in [6.45, 7) is 2.18. The first-order valence-corrected chi connectivity index (χ1v) is 21.8. The molecule has 2 aliphatic heterocycles. The van der Waals surface area contributed by atoms with Gasteiger partial charge >= 0.3 is 0 Å². The molecule has 2 aromatic carbocycles. The van der Waals surface area contributed by atoms with E-state index < -0.39 is 0 Å². The molecule has 0 radical (unpaired) electrons. The number of pyridine rings is 2. The van der Waals surface area contributed by atoms with Crippen LogP contribution in [0.15, 0.2) is 85.5 Å². The molecule has 0 saturated carbocycles. The van der Waals surface area contributed by atoms with Crippen LogP contribution >= 0.6 is 23.5 Å². The van der Waals surface area contributed by atoms with E-state index in [1.165, 1.54) is 0 Å². The predicted molar refractivity (Wildman–Crippen MR) is 238 cm³/mol. The molecule has 8 heterocycles. The highest BCUT2D eigenvalue weighted by molar-refractivity contribution is 7.99. The number of ether oxygens (including phenoxy) is 4. The lowest BCUT2D eigenvalue weighted by Crippen LogP contribution is -2.31. The maximum absolute atomic E-state index is 12.8. The summed E-state index contributed by atoms with van der Waals surface area (Å²) >= 11 is 3.58. The minimum absolute atomic E-state index is 0.122. The smallest absolute Gasteiger partial charge is 0.243 e. The van der Waals surface area contributed by atoms with Crippen LogP contribution in [0.1, 0.15) is 0 Å². The van der Waals surface area contributed by atoms with Crippen molar-refractivity contribution in [1.29, 1.82) is 0 Å². The third-order valence-electron chi connectivity index (χ3n) is 11.0. The number of carbonyl (C=O) groups excluding carboxylic acids is 2. The average Bonchev–Trinajstić information content (AvgIpc) is 4.14. The zero-order valence-electron chi connectivity index (χ0n) is 33.7. The quantitative estimate of drug-likeness (QED) is 0.142. The second-order valence-corrected chi connectivity index (χ2v) is 16.6. The molecule has 0 unspecified atom stereocenters. The number of hydrogen-bond donors (Lipinski definition) is 2. The number of nitrogens with zero attached hydrogens (tertiary/aromatic N) is 6. The number of hydrogen-bond acceptors (Lipinski definition) is 10. The summed E-state index contributed by atoms with van der Waals surface area (Å²) in [7, 11) is 6.49. The van der Waals surface area contributed by atoms with Gasteiger partial charge in [-0.25, -0.2) is 9.97 Å². The summed E-state index contributed by atoms with van der Waals surface area (Å²) < 4.78 is 26.1. The molecule has 60 heavy (non-hydrogen) atoms. The summed E-state index contributed by atoms with van der Waals surface area (Å²) in [6.07, 6.45) is 7.59. The lowest BCUT2D eigenvalue weighted by atomic mass is 10.1. The van der Waals surface area contributed by atoms with E-state index in [2.05, 4.69) is 32.1 Å². The largest absolute Gasteiger partial charge is 0.493 e. The van der Waals surface area contributed by atoms with E-state index in [-0.39, 0.29) is 24.9 Å². The standard InChI is InChI=1S/2C22H22N4O3S/c2*1-28-19-9-15-16(17-8-14-4-3-5-23-22(14)24-17)11-26(18(15)10-20(19)29-2)12-21(27)25-6-7-30-13-25/h2*3-5,8-11H,6-7,12-13H2,1-2H3,(H,23,24). The van der Waals surface area contributed by atoms with Crippen molar-refractivity contribution in [3.8, 4) is 45.5 Å². The molecule has 8 aromatic rings. The van der Waals surface area contributed by atoms with Gasteiger partial charge in [-0.3, -0.25) is 9.59 Å². The number of rotatable bonds is 10. The van der Waals surface area contributed by atoms with Gasteiger partial charge < -0.3 is 47.8 Å². The normalized spacial score (nSPS) is 14.0. The van der Waals surface area contributed by atoms with Crippen molar-refractivity contribution < 1.29 is 28.5 Å². The maximum atomic E-state index is 12.8. The van der Waals surface area contributed by atoms with Crippen molar-refractivity contribution in [2.45, 2.75) is 13.1 Å². The first-order valence-electron chi connectivity index (χ1n) is 19.4. The molecule has 2 fully saturated rings. The molecule has 2 saturated heterocycles. The van der Waals surface area contributed by atoms with Crippen molar-refractivity contribution in [2.24, 2.45) is 0 Å². The van der Waals surface area contributed by atoms with Gasteiger partial charge in [0.05, 0.1) is 51.2 Å². The first kappa shape index (κ1) is 39.2. The summed E-state index contributed by atoms with van der Waals surface area (Å²) in [5.41, 5.74) is 7.40. The zero-order valence-corrected chi connectivity index (χ0v) is 35.3. The van der Waals surface area contributed by atoms with E-state index in [9.17, 15) is 9.59 Å². The molecule has 2 amide bonds. The Morgan fingerprint density at radius 3 is 1.40 bits per heavy atom. The Balaban J connectivity index is 0.000000154. The van der Waals surface area contributed by atoms with Crippen molar-refractivity contribution in [2.75, 3.05) is 64.8 Å². The number of nitrogens with one attached hydrogen (secondary N) is 2. The number of carbonyl (C=O) groups is 2. The predicted octanol–water partition coefficient (Wildman–Crippen LogP) is 7.47. The summed E-state index contributed by atoms with van der Waals surface area (Å²) in [4.78, 5) is 45.1. The molecule has 0 aliphatic carbocycles. The molecule has 0 atom stereocenters. The summed E-state index contributed by atoms with van der Waals surface area (Å²) in [5.74, 6) is 6.34. The van der Waals surface area contributed by atoms with Crippen molar-refractivity contribution >= 4 is 79.2 Å². The molecular formula is C44H44N8O6S2. The highest BCUT2D eigenvalue weighted by atomic mass is 32.2. The molecular weight excluding hydrogens is 801 g/mol. The highest BCUT2D eigenvalue weighted by Crippen LogP contribution is 2.40. The van der Waals surface area contributed by atoms with Gasteiger partial charge in [0.15, 0.2) is 23.0 Å². The van der Waals surface area contributed by atoms with Gasteiger partial charge in [-0.15, -0.1) is 23.5 Å². The molecule has 2 N–H and O–H groups in total. The summed E-state index contributed by atoms with van der Waals surface area (Å²) in [6, 6.07) is 19.9. The lowest BCUT2D eigenvalue weighted by molar-refractivity contribution is -0.131. The minimum atomic E-state index is 0.122. The van der Waals surface area contributed by atoms with Crippen LogP contribution in [0.4, 0.5) is 0 Å². The van der Waals surface area contributed by atoms with E-state index in [0.29, 0.717) is 23.0 Å². The average molecular weight is 845 g/mol. The van der Waals surface area contributed by atoms with E-state index >= 15 is 0 Å². The Morgan fingerprint density at radius 2 is 1.03 bits per heavy atom. The first-order chi connectivity index (χ1) is 29.3. The lowest BCUT2D eigenvalue weighted by Gasteiger charge is -2.15. The molecule has 14 nitrogen and oxygen atoms in total. The van der Waals surface area contributed by atoms with Crippen LogP contribution in [0, 0.1) is 0 Å². The van der Waals surface area contributed by atoms with Crippen LogP contribution in [0.3, 0.4) is 0 Å². The number of fused-ring (bicyclic) bond motifs is 4. The van der Waals surface area contributed by atoms with Crippen molar-refractivity contribution in [3.05, 3.63) is 85.5 Å². The summed E-state index contributed by atoms with van der Waals surface area (Å²) in [5, 5.41) is 4.06. The molecule has 16 heteroatoms. The van der Waals surface area contributed by atoms with Crippen molar-refractivity contribution in [1.82, 2.24) is 38.9 Å². The number of amides is 2. The number of thioether (sulfide) groups is 2. The Bertz CT molecular complexity index is 2610. The fourth-order valence-electron chi connectivity index (χ4n) is 7.84. The second-order valence-electron chi connectivity index (χ2n) is 14.4. The fourth-order valence-corrected chi connectivity index (χ4v) is 9.79. The Labute approximate surface area is 354 Å². The molecule has 2 aliphatic rings. The van der Waals surface area contributed by atoms with Crippen LogP contribution < -0.4 is 18.9 Å². The van der Waals surface area contributed by atoms with Gasteiger partial charge in [0.25, 0.3) is 0 Å². The van der Waals surface area contributed by atoms with Crippen LogP contribution in [-0.2, 0) is 22.7 Å². The Kier molecular flexibility index (Phi) is 11.0. The number of benzene rings is 2. The minimum Gasteiger partial charge on any atom is -0.493 e. The van der Waals surface area contributed by atoms with Gasteiger partial charge in [-0.2, -0.15) is 0 Å². The van der Waals surface area contributed by atoms with Crippen LogP contribution in [0.2, 0.25) is 0 Å². The van der Waals surface area contributed by atoms with Gasteiger partial charge in [-0.05, 0) is 48.5 Å². The molecule has 10 rings (SSSR count). The topological polar surface area (TPSA) is 145 Å². The second kappa shape index (κ2) is 16.8. The maximum Gasteiger partial charge on any atom is 0.243 e. The monoisotopic (exact) mass is 844 g/mol. The zero-order chi connectivity index (χ0) is 41.3. The van der Waals surface area contributed by atoms with E-state index in [1.54, 1.807) is 64.4 Å². The van der Waals surface area contributed by atoms with Crippen LogP contribution in [0.5, 0.6) is 23.0 Å². The molecule has 0 spiro atoms. The Hall–Kier alpha value is -6.26. The van der Waals surface area contributed by atoms with Crippen LogP contribution in [-0.4, -0.2) is 115 Å². The van der Waals surface area contributed by atoms with Gasteiger partial charge in [0, 0.05) is 106 Å². The third-order valence-corrected chi connectivity index (χ3v) is 12.9. The number of aromatic nitrogens is 6. The molecule has 0 bridgehead atoms. The SMILES string of the molecule is COc1cc2c(-c3cc4cccnc4[nH]3)cn(CC(=O)N3CCSC3)c2cc1OC.COc1cc2c(-c3cc4cccnc4[nH]3)cn(CC(=O)N3CCSC3)c2cc1OC. The highest BCUT2D eigenvalue weighted by Gasteiger charge is 2.24. The molecule has 308 valence electrons. The van der Waals surface area contributed by atoms with E-state index in [1.807, 2.05) is 79.9 Å². The van der Waals surface area contributed by atoms with Gasteiger partial charge in [-0.1, -0.05) is 0 Å². The Morgan fingerprint density at radius 1 is 0.617 bits per heavy atom. The molecule has 6 aromatic heterocycles. The van der Waals surface area contributed by atoms with Crippen molar-refractivity contribution in [3.63, 3.8) is 0 Å². The number of H-pyrrole nitrogens is 2. The number of aromatic amines is 2. The van der Waals surface area contributed by atoms with Gasteiger partial charge in [0.1, 0.15) is 24.4 Å². The fraction of sp³-hybridized carbons (Fsp3) is 0.273. The van der Waals surface area contributed by atoms with E-state index in [0.717, 1.165) is 103 Å². The van der Waals surface area contributed by atoms with Gasteiger partial charge in [0.2, 0.25) is 11.8 Å². The number of methoxy groups -OCH3 is 4. The van der Waals surface area contributed by atoms with Crippen LogP contribution in [0.25, 0.3) is 66.4 Å². The van der Waals surface area contributed by atoms with E-state index in [4.69, 9.17) is 18.9 Å². The third kappa shape index (κ3) is 7.45.